The van der Waals surface area contributed by atoms with Crippen LogP contribution in [0.15, 0.2) is 67.3 Å². The summed E-state index contributed by atoms with van der Waals surface area (Å²) in [7, 11) is 1.65. The minimum absolute atomic E-state index is 0.0128. The van der Waals surface area contributed by atoms with Crippen LogP contribution in [0, 0.1) is 55.2 Å². The van der Waals surface area contributed by atoms with E-state index in [0.717, 1.165) is 32.1 Å². The summed E-state index contributed by atoms with van der Waals surface area (Å²) in [5, 5.41) is 0. The lowest BCUT2D eigenvalue weighted by atomic mass is 9.48. The highest BCUT2D eigenvalue weighted by molar-refractivity contribution is 5.74. The number of allylic oxidation sites excluding steroid dienone is 1. The van der Waals surface area contributed by atoms with E-state index in [0.29, 0.717) is 19.6 Å². The molecule has 0 spiro atoms. The van der Waals surface area contributed by atoms with Gasteiger partial charge >= 0.3 is 11.9 Å². The van der Waals surface area contributed by atoms with E-state index in [4.69, 9.17) is 14.2 Å². The van der Waals surface area contributed by atoms with E-state index < -0.39 is 10.8 Å². The van der Waals surface area contributed by atoms with Crippen molar-refractivity contribution in [2.45, 2.75) is 270 Å². The van der Waals surface area contributed by atoms with Crippen LogP contribution in [0.4, 0.5) is 0 Å². The number of esters is 2. The van der Waals surface area contributed by atoms with Crippen LogP contribution in [0.1, 0.15) is 281 Å². The van der Waals surface area contributed by atoms with Gasteiger partial charge in [-0.2, -0.15) is 0 Å². The predicted molar refractivity (Wildman–Crippen MR) is 334 cm³/mol. The molecule has 0 heterocycles. The molecule has 0 amide bonds. The Bertz CT molecular complexity index is 1740. The molecule has 440 valence electrons. The molecule has 0 bridgehead atoms. The van der Waals surface area contributed by atoms with Crippen LogP contribution >= 0.6 is 0 Å². The lowest BCUT2D eigenvalue weighted by Crippen LogP contribution is -2.50. The van der Waals surface area contributed by atoms with Crippen LogP contribution in [0.2, 0.25) is 0 Å². The quantitative estimate of drug-likeness (QED) is 0.0563. The van der Waals surface area contributed by atoms with Crippen LogP contribution in [0.25, 0.3) is 0 Å². The highest BCUT2D eigenvalue weighted by atomic mass is 16.6. The first-order valence-electron chi connectivity index (χ1n) is 30.1. The number of ether oxygens (including phenoxy) is 3. The zero-order chi connectivity index (χ0) is 59.9. The fraction of sp³-hybridized carbons (Fsp3) is 0.771. The van der Waals surface area contributed by atoms with Crippen molar-refractivity contribution in [2.75, 3.05) is 26.9 Å². The summed E-state index contributed by atoms with van der Waals surface area (Å²) in [4.78, 5) is 28.7. The van der Waals surface area contributed by atoms with Gasteiger partial charge < -0.3 is 14.2 Å². The maximum absolute atomic E-state index is 14.7. The van der Waals surface area contributed by atoms with Crippen molar-refractivity contribution in [2.24, 2.45) is 55.2 Å². The number of benzene rings is 2. The van der Waals surface area contributed by atoms with Gasteiger partial charge in [-0.05, 0) is 117 Å². The number of unbranched alkanes of at least 4 members (excludes halogenated alkanes) is 2. The molecule has 0 aliphatic heterocycles. The van der Waals surface area contributed by atoms with Gasteiger partial charge in [0, 0.05) is 7.11 Å². The number of carbonyl (C=O) groups excluding carboxylic acids is 2. The maximum Gasteiger partial charge on any atom is 0.309 e. The average Bonchev–Trinajstić information content (AvgIpc) is 3.34. The molecule has 5 heteroatoms. The largest absolute Gasteiger partial charge is 0.465 e. The Kier molecular flexibility index (Phi) is 38.8. The first-order valence-corrected chi connectivity index (χ1v) is 30.1. The third-order valence-electron chi connectivity index (χ3n) is 17.1. The molecule has 0 aliphatic carbocycles. The van der Waals surface area contributed by atoms with Crippen molar-refractivity contribution in [3.8, 4) is 0 Å². The molecule has 0 aromatic heterocycles. The normalized spacial score (nSPS) is 13.8. The number of carbonyl (C=O) groups is 2. The molecule has 0 aliphatic rings. The Labute approximate surface area is 470 Å². The average molecular weight is 1050 g/mol. The van der Waals surface area contributed by atoms with Crippen LogP contribution in [-0.2, 0) is 30.2 Å². The zero-order valence-electron chi connectivity index (χ0n) is 55.8. The molecule has 2 rings (SSSR count). The lowest BCUT2D eigenvalue weighted by Gasteiger charge is -2.56. The van der Waals surface area contributed by atoms with E-state index in [9.17, 15) is 9.59 Å². The van der Waals surface area contributed by atoms with E-state index in [2.05, 4.69) is 213 Å². The molecule has 2 aromatic carbocycles. The molecular weight excluding hydrogens is 921 g/mol. The van der Waals surface area contributed by atoms with E-state index in [1.165, 1.54) is 36.0 Å². The summed E-state index contributed by atoms with van der Waals surface area (Å²) in [5.74, 6) is -0.488. The summed E-state index contributed by atoms with van der Waals surface area (Å²) in [6.07, 6.45) is 10.8. The summed E-state index contributed by atoms with van der Waals surface area (Å²) >= 11 is 0. The van der Waals surface area contributed by atoms with Gasteiger partial charge in [-0.3, -0.25) is 9.59 Å². The molecule has 75 heavy (non-hydrogen) atoms. The van der Waals surface area contributed by atoms with Gasteiger partial charge in [-0.15, -0.1) is 6.58 Å². The molecule has 4 atom stereocenters. The van der Waals surface area contributed by atoms with Crippen LogP contribution < -0.4 is 0 Å². The molecule has 0 saturated heterocycles. The molecule has 2 aromatic rings. The maximum atomic E-state index is 14.7. The Morgan fingerprint density at radius 3 is 1.21 bits per heavy atom. The molecule has 0 N–H and O–H groups in total. The summed E-state index contributed by atoms with van der Waals surface area (Å²) < 4.78 is 17.4. The van der Waals surface area contributed by atoms with Gasteiger partial charge in [0.05, 0.1) is 25.0 Å². The number of hydrogen-bond acceptors (Lipinski definition) is 5. The molecule has 4 unspecified atom stereocenters. The SMILES string of the molecule is C=CC.CC.CC.CC.CCCCC.CCCOC(=O)C(CC(C)(C)C)C(C)(C)C(C)(C)CC(c1ccccc1)C(C)(C)C(C)(C)CC(C(=O)OCCOC)C(C)(C)C(C)(C)CC(c1ccc(CC)cc1)C(C)(C)C. The van der Waals surface area contributed by atoms with Crippen molar-refractivity contribution in [1.29, 1.82) is 0 Å². The molecule has 5 nitrogen and oxygen atoms in total. The van der Waals surface area contributed by atoms with Crippen LogP contribution in [-0.4, -0.2) is 38.9 Å². The first-order chi connectivity index (χ1) is 34.6. The number of methoxy groups -OCH3 is 1. The van der Waals surface area contributed by atoms with Gasteiger partial charge in [0.1, 0.15) is 6.61 Å². The number of rotatable bonds is 25. The standard InChI is InChI=1S/C56H94O5.C5H12.C3H6.3C2H6/c1-22-33-60-47(57)45(36-49(3,4)5)55(17,18)52(11,12)38-44(41-27-25-24-26-28-41)54(15,16)53(13,14)39-46(48(58)61-35-34-59-21)56(19,20)51(9,10)37-43(50(6,7)8)42-31-29-40(23-2)30-32-42;1-3-5-4-2;1-3-2;3*1-2/h24-32,43-46H,22-23,33-39H2,1-21H3;3-5H2,1-2H3;3H,1H2,2H3;3*1-2H3. The van der Waals surface area contributed by atoms with Crippen molar-refractivity contribution >= 4 is 11.9 Å². The molecule has 0 saturated carbocycles. The van der Waals surface area contributed by atoms with Gasteiger partial charge in [0.15, 0.2) is 0 Å². The highest BCUT2D eigenvalue weighted by Crippen LogP contribution is 2.62. The predicted octanol–water partition coefficient (Wildman–Crippen LogP) is 21.8. The minimum atomic E-state index is -0.445. The van der Waals surface area contributed by atoms with Crippen molar-refractivity contribution in [3.05, 3.63) is 83.9 Å². The van der Waals surface area contributed by atoms with E-state index in [1.807, 2.05) is 48.5 Å². The van der Waals surface area contributed by atoms with Crippen LogP contribution in [0.5, 0.6) is 0 Å². The summed E-state index contributed by atoms with van der Waals surface area (Å²) in [5.41, 5.74) is 1.94. The van der Waals surface area contributed by atoms with Crippen molar-refractivity contribution < 1.29 is 23.8 Å². The third kappa shape index (κ3) is 25.6. The van der Waals surface area contributed by atoms with Gasteiger partial charge in [0.2, 0.25) is 0 Å². The monoisotopic (exact) mass is 1050 g/mol. The third-order valence-corrected chi connectivity index (χ3v) is 17.1. The minimum Gasteiger partial charge on any atom is -0.465 e. The number of aryl methyl sites for hydroxylation is 1. The topological polar surface area (TPSA) is 61.8 Å². The highest BCUT2D eigenvalue weighted by Gasteiger charge is 2.56. The fourth-order valence-electron chi connectivity index (χ4n) is 9.98. The van der Waals surface area contributed by atoms with Crippen LogP contribution in [0.3, 0.4) is 0 Å². The van der Waals surface area contributed by atoms with E-state index in [-0.39, 0.29) is 74.7 Å². The molecule has 0 fully saturated rings. The lowest BCUT2D eigenvalue weighted by molar-refractivity contribution is -0.162. The second-order valence-corrected chi connectivity index (χ2v) is 26.4. The summed E-state index contributed by atoms with van der Waals surface area (Å²) in [6.45, 7) is 68.9. The Morgan fingerprint density at radius 2 is 0.867 bits per heavy atom. The van der Waals surface area contributed by atoms with Gasteiger partial charge in [-0.25, -0.2) is 0 Å². The van der Waals surface area contributed by atoms with Gasteiger partial charge in [0.25, 0.3) is 0 Å². The second-order valence-electron chi connectivity index (χ2n) is 26.4. The van der Waals surface area contributed by atoms with Crippen molar-refractivity contribution in [1.82, 2.24) is 0 Å². The summed E-state index contributed by atoms with van der Waals surface area (Å²) in [6, 6.07) is 20.2. The second kappa shape index (κ2) is 37.0. The number of hydrogen-bond donors (Lipinski definition) is 0. The molecule has 0 radical (unpaired) electrons. The van der Waals surface area contributed by atoms with E-state index in [1.54, 1.807) is 13.2 Å². The Hall–Kier alpha value is -2.92. The van der Waals surface area contributed by atoms with E-state index >= 15 is 0 Å². The fourth-order valence-corrected chi connectivity index (χ4v) is 9.98. The molecular formula is C70H130O5. The Balaban J connectivity index is -0.00000162. The first kappa shape index (κ1) is 78.6. The smallest absolute Gasteiger partial charge is 0.309 e. The zero-order valence-corrected chi connectivity index (χ0v) is 55.8. The van der Waals surface area contributed by atoms with Gasteiger partial charge in [-0.1, -0.05) is 274 Å². The Morgan fingerprint density at radius 1 is 0.493 bits per heavy atom. The van der Waals surface area contributed by atoms with Crippen molar-refractivity contribution in [3.63, 3.8) is 0 Å².